The highest BCUT2D eigenvalue weighted by Crippen LogP contribution is 2.33. The van der Waals surface area contributed by atoms with Crippen molar-refractivity contribution in [3.8, 4) is 0 Å². The van der Waals surface area contributed by atoms with Gasteiger partial charge in [0.25, 0.3) is 0 Å². The third kappa shape index (κ3) is 6.33. The lowest BCUT2D eigenvalue weighted by molar-refractivity contribution is -0.144. The molecule has 2 fully saturated rings. The lowest BCUT2D eigenvalue weighted by atomic mass is 9.95. The van der Waals surface area contributed by atoms with Crippen LogP contribution in [0.1, 0.15) is 53.9 Å². The van der Waals surface area contributed by atoms with Gasteiger partial charge in [-0.05, 0) is 46.0 Å². The number of rotatable bonds is 7. The van der Waals surface area contributed by atoms with E-state index in [4.69, 9.17) is 4.74 Å². The first-order valence-corrected chi connectivity index (χ1v) is 10.8. The Bertz CT molecular complexity index is 755. The molecule has 3 amide bonds. The number of amides is 3. The van der Waals surface area contributed by atoms with Gasteiger partial charge >= 0.3 is 18.0 Å². The first-order chi connectivity index (χ1) is 14.7. The second-order valence-electron chi connectivity index (χ2n) is 9.76. The third-order valence-corrected chi connectivity index (χ3v) is 5.35. The molecule has 0 bridgehead atoms. The molecule has 0 unspecified atom stereocenters. The molecule has 32 heavy (non-hydrogen) atoms. The molecule has 0 radical (unpaired) electrons. The van der Waals surface area contributed by atoms with Crippen LogP contribution in [0.5, 0.6) is 0 Å². The van der Waals surface area contributed by atoms with E-state index >= 15 is 0 Å². The van der Waals surface area contributed by atoms with Gasteiger partial charge in [-0.15, -0.1) is 0 Å². The van der Waals surface area contributed by atoms with Gasteiger partial charge in [-0.1, -0.05) is 13.8 Å². The van der Waals surface area contributed by atoms with Crippen LogP contribution < -0.4 is 5.32 Å². The van der Waals surface area contributed by atoms with E-state index < -0.39 is 53.6 Å². The Balaban J connectivity index is 2.08. The number of aliphatic carboxylic acids is 2. The molecule has 0 aromatic carbocycles. The largest absolute Gasteiger partial charge is 0.480 e. The van der Waals surface area contributed by atoms with Crippen LogP contribution in [0, 0.1) is 11.8 Å². The van der Waals surface area contributed by atoms with Gasteiger partial charge in [0, 0.05) is 13.1 Å². The van der Waals surface area contributed by atoms with Gasteiger partial charge in [0.15, 0.2) is 12.1 Å². The van der Waals surface area contributed by atoms with Crippen LogP contribution in [0.4, 0.5) is 4.79 Å². The second-order valence-corrected chi connectivity index (χ2v) is 9.76. The summed E-state index contributed by atoms with van der Waals surface area (Å²) in [6.07, 6.45) is 0.596. The quantitative estimate of drug-likeness (QED) is 0.479. The van der Waals surface area contributed by atoms with Crippen molar-refractivity contribution < 1.29 is 38.9 Å². The number of nitrogens with one attached hydrogen (secondary N) is 1. The zero-order valence-electron chi connectivity index (χ0n) is 19.2. The minimum Gasteiger partial charge on any atom is -0.480 e. The molecule has 0 aromatic heterocycles. The van der Waals surface area contributed by atoms with Crippen molar-refractivity contribution in [1.29, 1.82) is 0 Å². The summed E-state index contributed by atoms with van der Waals surface area (Å²) in [4.78, 5) is 63.1. The average molecular weight is 456 g/mol. The van der Waals surface area contributed by atoms with E-state index in [-0.39, 0.29) is 18.4 Å². The Kier molecular flexibility index (Phi) is 7.74. The van der Waals surface area contributed by atoms with Crippen molar-refractivity contribution in [3.05, 3.63) is 0 Å². The lowest BCUT2D eigenvalue weighted by Crippen LogP contribution is -2.53. The van der Waals surface area contributed by atoms with Crippen molar-refractivity contribution in [2.75, 3.05) is 13.1 Å². The molecule has 2 saturated heterocycles. The summed E-state index contributed by atoms with van der Waals surface area (Å²) in [7, 11) is 0. The Morgan fingerprint density at radius 2 is 1.62 bits per heavy atom. The molecule has 2 aliphatic heterocycles. The number of carbonyl (C=O) groups excluding carboxylic acids is 3. The van der Waals surface area contributed by atoms with E-state index in [1.165, 1.54) is 4.90 Å². The predicted molar refractivity (Wildman–Crippen MR) is 112 cm³/mol. The fourth-order valence-corrected chi connectivity index (χ4v) is 3.97. The number of nitrogens with zero attached hydrogens (tertiary/aromatic N) is 2. The lowest BCUT2D eigenvalue weighted by Gasteiger charge is -2.35. The molecule has 0 aromatic rings. The number of carboxylic acid groups (broad SMARTS) is 2. The zero-order valence-corrected chi connectivity index (χ0v) is 19.2. The fraction of sp³-hybridized carbons (Fsp3) is 0.762. The van der Waals surface area contributed by atoms with Crippen LogP contribution in [-0.4, -0.2) is 86.7 Å². The number of alkyl carbamates (subject to hydrolysis) is 1. The number of likely N-dealkylation sites (tertiary alicyclic amines) is 1. The highest BCUT2D eigenvalue weighted by Gasteiger charge is 2.61. The van der Waals surface area contributed by atoms with E-state index in [1.807, 2.05) is 13.8 Å². The van der Waals surface area contributed by atoms with Gasteiger partial charge in [-0.3, -0.25) is 9.59 Å². The van der Waals surface area contributed by atoms with Crippen LogP contribution >= 0.6 is 0 Å². The van der Waals surface area contributed by atoms with E-state index in [0.29, 0.717) is 25.8 Å². The van der Waals surface area contributed by atoms with Crippen molar-refractivity contribution in [1.82, 2.24) is 15.1 Å². The number of piperidine rings is 1. The molecule has 11 heteroatoms. The van der Waals surface area contributed by atoms with Gasteiger partial charge in [0.05, 0.1) is 5.92 Å². The van der Waals surface area contributed by atoms with Crippen molar-refractivity contribution in [2.45, 2.75) is 77.6 Å². The topological polar surface area (TPSA) is 153 Å². The van der Waals surface area contributed by atoms with Crippen LogP contribution in [0.25, 0.3) is 0 Å². The summed E-state index contributed by atoms with van der Waals surface area (Å²) >= 11 is 0. The fourth-order valence-electron chi connectivity index (χ4n) is 3.97. The van der Waals surface area contributed by atoms with E-state index in [2.05, 4.69) is 5.32 Å². The van der Waals surface area contributed by atoms with Gasteiger partial charge < -0.3 is 30.1 Å². The van der Waals surface area contributed by atoms with E-state index in [1.54, 1.807) is 20.8 Å². The molecule has 0 spiro atoms. The SMILES string of the molecule is CC(C)C[C@@H](NC(=O)OC(C)(C)C)C(=O)N1CCC[C@H](C(=O)N2[C@H](C(=O)O)[C@H]2C(=O)O)C1. The average Bonchev–Trinajstić information content (AvgIpc) is 3.41. The summed E-state index contributed by atoms with van der Waals surface area (Å²) in [5.74, 6) is -4.26. The summed E-state index contributed by atoms with van der Waals surface area (Å²) in [5, 5.41) is 21.0. The number of ether oxygens (including phenoxy) is 1. The monoisotopic (exact) mass is 455 g/mol. The number of carboxylic acids is 2. The molecule has 0 aliphatic carbocycles. The molecule has 180 valence electrons. The second kappa shape index (κ2) is 9.74. The van der Waals surface area contributed by atoms with Gasteiger partial charge in [0.2, 0.25) is 11.8 Å². The molecule has 2 aliphatic rings. The molecular weight excluding hydrogens is 422 g/mol. The Morgan fingerprint density at radius 1 is 1.06 bits per heavy atom. The summed E-state index contributed by atoms with van der Waals surface area (Å²) in [5.41, 5.74) is -0.724. The molecule has 11 nitrogen and oxygen atoms in total. The Hall–Kier alpha value is -2.85. The minimum atomic E-state index is -1.38. The maximum Gasteiger partial charge on any atom is 0.408 e. The predicted octanol–water partition coefficient (Wildman–Crippen LogP) is 0.913. The molecule has 4 atom stereocenters. The molecule has 2 heterocycles. The van der Waals surface area contributed by atoms with E-state index in [9.17, 15) is 34.2 Å². The Morgan fingerprint density at radius 3 is 2.09 bits per heavy atom. The summed E-state index contributed by atoms with van der Waals surface area (Å²) < 4.78 is 5.26. The Labute approximate surface area is 187 Å². The van der Waals surface area contributed by atoms with Gasteiger partial charge in [0.1, 0.15) is 11.6 Å². The van der Waals surface area contributed by atoms with Crippen LogP contribution in [0.15, 0.2) is 0 Å². The van der Waals surface area contributed by atoms with Crippen molar-refractivity contribution >= 4 is 29.8 Å². The highest BCUT2D eigenvalue weighted by atomic mass is 16.6. The normalized spacial score (nSPS) is 24.0. The number of hydrogen-bond acceptors (Lipinski definition) is 6. The minimum absolute atomic E-state index is 0.0391. The van der Waals surface area contributed by atoms with E-state index in [0.717, 1.165) is 4.90 Å². The summed E-state index contributed by atoms with van der Waals surface area (Å²) in [6, 6.07) is -3.60. The first-order valence-electron chi connectivity index (χ1n) is 10.8. The smallest absolute Gasteiger partial charge is 0.408 e. The maximum absolute atomic E-state index is 13.2. The van der Waals surface area contributed by atoms with Crippen molar-refractivity contribution in [3.63, 3.8) is 0 Å². The number of carbonyl (C=O) groups is 5. The van der Waals surface area contributed by atoms with Crippen LogP contribution in [-0.2, 0) is 23.9 Å². The maximum atomic E-state index is 13.2. The van der Waals surface area contributed by atoms with Crippen molar-refractivity contribution in [2.24, 2.45) is 11.8 Å². The standard InChI is InChI=1S/C21H33N3O8/c1-11(2)9-13(22-20(31)32-21(3,4)5)17(26)23-8-6-7-12(10-23)16(25)24-14(18(27)28)15(24)19(29)30/h11-15H,6-10H2,1-5H3,(H,22,31)(H,27,28)(H,29,30)/t12-,13+,14-,15-/m0/s1. The number of hydrogen-bond donors (Lipinski definition) is 3. The first kappa shape index (κ1) is 25.4. The summed E-state index contributed by atoms with van der Waals surface area (Å²) in [6.45, 7) is 9.41. The molecule has 0 saturated carbocycles. The molecular formula is C21H33N3O8. The zero-order chi connectivity index (χ0) is 24.4. The van der Waals surface area contributed by atoms with Crippen LogP contribution in [0.2, 0.25) is 0 Å². The molecule has 2 rings (SSSR count). The van der Waals surface area contributed by atoms with Crippen LogP contribution in [0.3, 0.4) is 0 Å². The highest BCUT2D eigenvalue weighted by molar-refractivity contribution is 6.00. The van der Waals surface area contributed by atoms with Gasteiger partial charge in [-0.2, -0.15) is 0 Å². The third-order valence-electron chi connectivity index (χ3n) is 5.35. The van der Waals surface area contributed by atoms with Gasteiger partial charge in [-0.25, -0.2) is 14.4 Å². The molecule has 3 N–H and O–H groups in total.